The Morgan fingerprint density at radius 3 is 2.90 bits per heavy atom. The fourth-order valence-electron chi connectivity index (χ4n) is 2.83. The van der Waals surface area contributed by atoms with Gasteiger partial charge in [-0.15, -0.1) is 0 Å². The summed E-state index contributed by atoms with van der Waals surface area (Å²) in [4.78, 5) is 25.8. The lowest BCUT2D eigenvalue weighted by molar-refractivity contribution is -0.126. The minimum atomic E-state index is -0.440. The van der Waals surface area contributed by atoms with Gasteiger partial charge in [-0.1, -0.05) is 29.8 Å². The Morgan fingerprint density at radius 2 is 2.19 bits per heavy atom. The Labute approximate surface area is 122 Å². The van der Waals surface area contributed by atoms with Crippen molar-refractivity contribution in [2.45, 2.75) is 13.0 Å². The number of aliphatic hydroxyl groups is 1. The zero-order valence-corrected chi connectivity index (χ0v) is 11.7. The molecular formula is C15H17N3O3. The van der Waals surface area contributed by atoms with E-state index in [0.717, 1.165) is 11.1 Å². The molecule has 2 heterocycles. The van der Waals surface area contributed by atoms with E-state index in [1.807, 2.05) is 31.2 Å². The van der Waals surface area contributed by atoms with Crippen molar-refractivity contribution in [1.29, 1.82) is 0 Å². The standard InChI is InChI=1S/C15H17N3O3/c1-9-3-2-4-10(7-9)13-12-11(16-15(21)17-13)8-18(5-6-19)14(12)20/h2-4,7,13,19H,5-6,8H2,1H3,(H2,16,17,21). The topological polar surface area (TPSA) is 81.7 Å². The second kappa shape index (κ2) is 5.21. The summed E-state index contributed by atoms with van der Waals surface area (Å²) in [5, 5.41) is 14.5. The van der Waals surface area contributed by atoms with Gasteiger partial charge in [-0.3, -0.25) is 4.79 Å². The molecule has 0 bridgehead atoms. The van der Waals surface area contributed by atoms with Crippen LogP contribution in [0.2, 0.25) is 0 Å². The predicted molar refractivity (Wildman–Crippen MR) is 76.3 cm³/mol. The molecule has 3 amide bonds. The maximum atomic E-state index is 12.5. The summed E-state index contributed by atoms with van der Waals surface area (Å²) in [5.41, 5.74) is 3.15. The summed E-state index contributed by atoms with van der Waals surface area (Å²) in [5.74, 6) is -0.141. The number of carbonyl (C=O) groups is 2. The molecule has 0 radical (unpaired) electrons. The third-order valence-electron chi connectivity index (χ3n) is 3.77. The SMILES string of the molecule is Cc1cccc(C2NC(=O)NC3=C2C(=O)N(CCO)C3)c1. The van der Waals surface area contributed by atoms with Crippen LogP contribution in [0.4, 0.5) is 4.79 Å². The fourth-order valence-corrected chi connectivity index (χ4v) is 2.83. The second-order valence-electron chi connectivity index (χ2n) is 5.29. The molecule has 6 nitrogen and oxygen atoms in total. The van der Waals surface area contributed by atoms with Crippen LogP contribution in [-0.4, -0.2) is 41.6 Å². The van der Waals surface area contributed by atoms with Gasteiger partial charge in [0.2, 0.25) is 0 Å². The average Bonchev–Trinajstić information content (AvgIpc) is 2.75. The Hall–Kier alpha value is -2.34. The smallest absolute Gasteiger partial charge is 0.319 e. The van der Waals surface area contributed by atoms with Crippen LogP contribution in [0.3, 0.4) is 0 Å². The Balaban J connectivity index is 1.99. The van der Waals surface area contributed by atoms with Crippen LogP contribution < -0.4 is 10.6 Å². The highest BCUT2D eigenvalue weighted by Crippen LogP contribution is 2.32. The lowest BCUT2D eigenvalue weighted by Gasteiger charge is -2.25. The fraction of sp³-hybridized carbons (Fsp3) is 0.333. The summed E-state index contributed by atoms with van der Waals surface area (Å²) in [6.07, 6.45) is 0. The van der Waals surface area contributed by atoms with E-state index in [9.17, 15) is 9.59 Å². The first-order valence-electron chi connectivity index (χ1n) is 6.87. The molecule has 0 saturated carbocycles. The van der Waals surface area contributed by atoms with Crippen LogP contribution in [0.5, 0.6) is 0 Å². The van der Waals surface area contributed by atoms with Gasteiger partial charge in [-0.05, 0) is 12.5 Å². The van der Waals surface area contributed by atoms with Crippen LogP contribution >= 0.6 is 0 Å². The summed E-state index contributed by atoms with van der Waals surface area (Å²) in [7, 11) is 0. The molecule has 3 rings (SSSR count). The van der Waals surface area contributed by atoms with Crippen molar-refractivity contribution in [2.24, 2.45) is 0 Å². The Bertz CT molecular complexity index is 639. The quantitative estimate of drug-likeness (QED) is 0.754. The third kappa shape index (κ3) is 2.38. The lowest BCUT2D eigenvalue weighted by Crippen LogP contribution is -2.44. The first kappa shape index (κ1) is 13.6. The minimum Gasteiger partial charge on any atom is -0.395 e. The van der Waals surface area contributed by atoms with E-state index in [1.54, 1.807) is 4.90 Å². The molecule has 2 aliphatic heterocycles. The van der Waals surface area contributed by atoms with Gasteiger partial charge in [0.15, 0.2) is 0 Å². The van der Waals surface area contributed by atoms with Gasteiger partial charge in [0.1, 0.15) is 0 Å². The number of aliphatic hydroxyl groups excluding tert-OH is 1. The molecule has 0 fully saturated rings. The number of amides is 3. The van der Waals surface area contributed by atoms with Gasteiger partial charge in [-0.25, -0.2) is 4.79 Å². The van der Waals surface area contributed by atoms with Gasteiger partial charge < -0.3 is 20.6 Å². The van der Waals surface area contributed by atoms with Crippen LogP contribution in [0.25, 0.3) is 0 Å². The van der Waals surface area contributed by atoms with Crippen molar-refractivity contribution in [3.05, 3.63) is 46.7 Å². The summed E-state index contributed by atoms with van der Waals surface area (Å²) < 4.78 is 0. The predicted octanol–water partition coefficient (Wildman–Crippen LogP) is 0.438. The van der Waals surface area contributed by atoms with Gasteiger partial charge in [0.05, 0.1) is 30.5 Å². The molecule has 1 aromatic carbocycles. The Kier molecular flexibility index (Phi) is 3.39. The van der Waals surface area contributed by atoms with Crippen LogP contribution in [-0.2, 0) is 4.79 Å². The van der Waals surface area contributed by atoms with Crippen molar-refractivity contribution < 1.29 is 14.7 Å². The highest BCUT2D eigenvalue weighted by Gasteiger charge is 2.39. The first-order chi connectivity index (χ1) is 10.1. The van der Waals surface area contributed by atoms with E-state index in [4.69, 9.17) is 5.11 Å². The normalized spacial score (nSPS) is 21.2. The molecule has 1 atom stereocenters. The number of urea groups is 1. The van der Waals surface area contributed by atoms with Gasteiger partial charge in [0.25, 0.3) is 5.91 Å². The highest BCUT2D eigenvalue weighted by molar-refractivity contribution is 6.01. The number of carbonyl (C=O) groups excluding carboxylic acids is 2. The van der Waals surface area contributed by atoms with Crippen molar-refractivity contribution in [3.8, 4) is 0 Å². The zero-order valence-electron chi connectivity index (χ0n) is 11.7. The van der Waals surface area contributed by atoms with Crippen LogP contribution in [0.1, 0.15) is 17.2 Å². The number of aryl methyl sites for hydroxylation is 1. The minimum absolute atomic E-state index is 0.0945. The average molecular weight is 287 g/mol. The number of hydrogen-bond acceptors (Lipinski definition) is 3. The van der Waals surface area contributed by atoms with E-state index in [1.165, 1.54) is 0 Å². The summed E-state index contributed by atoms with van der Waals surface area (Å²) in [6.45, 7) is 2.48. The van der Waals surface area contributed by atoms with Gasteiger partial charge >= 0.3 is 6.03 Å². The number of hydrogen-bond donors (Lipinski definition) is 3. The summed E-state index contributed by atoms with van der Waals surface area (Å²) >= 11 is 0. The molecule has 0 aliphatic carbocycles. The number of benzene rings is 1. The van der Waals surface area contributed by atoms with E-state index >= 15 is 0 Å². The van der Waals surface area contributed by atoms with Crippen LogP contribution in [0, 0.1) is 6.92 Å². The maximum Gasteiger partial charge on any atom is 0.319 e. The summed E-state index contributed by atoms with van der Waals surface area (Å²) in [6, 6.07) is 6.99. The molecule has 21 heavy (non-hydrogen) atoms. The molecule has 110 valence electrons. The van der Waals surface area contributed by atoms with Gasteiger partial charge in [0, 0.05) is 6.54 Å². The second-order valence-corrected chi connectivity index (χ2v) is 5.29. The number of nitrogens with one attached hydrogen (secondary N) is 2. The zero-order chi connectivity index (χ0) is 15.0. The van der Waals surface area contributed by atoms with E-state index in [0.29, 0.717) is 17.8 Å². The lowest BCUT2D eigenvalue weighted by atomic mass is 9.95. The molecule has 2 aliphatic rings. The number of rotatable bonds is 3. The van der Waals surface area contributed by atoms with E-state index in [-0.39, 0.29) is 25.1 Å². The molecule has 0 saturated heterocycles. The number of β-amino-alcohol motifs (C(OH)–C–C–N with tert-alkyl or cyclic N) is 1. The maximum absolute atomic E-state index is 12.5. The van der Waals surface area contributed by atoms with Crippen LogP contribution in [0.15, 0.2) is 35.5 Å². The molecule has 3 N–H and O–H groups in total. The molecule has 1 aromatic rings. The molecule has 6 heteroatoms. The largest absolute Gasteiger partial charge is 0.395 e. The molecule has 0 spiro atoms. The highest BCUT2D eigenvalue weighted by atomic mass is 16.3. The van der Waals surface area contributed by atoms with E-state index < -0.39 is 6.04 Å². The van der Waals surface area contributed by atoms with Crippen molar-refractivity contribution in [3.63, 3.8) is 0 Å². The third-order valence-corrected chi connectivity index (χ3v) is 3.77. The molecular weight excluding hydrogens is 270 g/mol. The number of nitrogens with zero attached hydrogens (tertiary/aromatic N) is 1. The monoisotopic (exact) mass is 287 g/mol. The van der Waals surface area contributed by atoms with Crippen molar-refractivity contribution in [1.82, 2.24) is 15.5 Å². The Morgan fingerprint density at radius 1 is 1.38 bits per heavy atom. The van der Waals surface area contributed by atoms with Crippen molar-refractivity contribution >= 4 is 11.9 Å². The molecule has 1 unspecified atom stereocenters. The molecule has 0 aromatic heterocycles. The first-order valence-corrected chi connectivity index (χ1v) is 6.87. The van der Waals surface area contributed by atoms with Crippen molar-refractivity contribution in [2.75, 3.05) is 19.7 Å². The van der Waals surface area contributed by atoms with Gasteiger partial charge in [-0.2, -0.15) is 0 Å². The van der Waals surface area contributed by atoms with E-state index in [2.05, 4.69) is 10.6 Å².